The van der Waals surface area contributed by atoms with Gasteiger partial charge in [0.2, 0.25) is 0 Å². The lowest BCUT2D eigenvalue weighted by Crippen LogP contribution is -2.28. The topological polar surface area (TPSA) is 86.1 Å². The molecule has 0 saturated carbocycles. The number of aryl methyl sites for hydroxylation is 1. The van der Waals surface area contributed by atoms with Gasteiger partial charge in [0, 0.05) is 11.3 Å². The molecule has 3 aromatic rings. The summed E-state index contributed by atoms with van der Waals surface area (Å²) in [5.74, 6) is -1.15. The number of nitrogens with one attached hydrogen (secondary N) is 1. The van der Waals surface area contributed by atoms with Gasteiger partial charge in [-0.2, -0.15) is 5.10 Å². The number of rotatable bonds is 6. The highest BCUT2D eigenvalue weighted by molar-refractivity contribution is 5.95. The molecule has 1 N–H and O–H groups in total. The number of esters is 1. The Labute approximate surface area is 173 Å². The number of benzene rings is 1. The standard InChI is InChI=1S/C22H23FN4O3/c1-5-30-22(29)18-10-11-20(25-13(18)2)21(28)26-14(3)19-12-24-27(15(19)4)17-8-6-16(23)7-9-17/h6-12,14H,5H2,1-4H3,(H,26,28). The van der Waals surface area contributed by atoms with E-state index in [1.54, 1.807) is 36.9 Å². The van der Waals surface area contributed by atoms with Gasteiger partial charge < -0.3 is 10.1 Å². The molecule has 0 aliphatic carbocycles. The van der Waals surface area contributed by atoms with Crippen LogP contribution in [0.2, 0.25) is 0 Å². The molecule has 3 rings (SSSR count). The number of carbonyl (C=O) groups excluding carboxylic acids is 2. The van der Waals surface area contributed by atoms with E-state index < -0.39 is 5.97 Å². The van der Waals surface area contributed by atoms with Gasteiger partial charge in [-0.25, -0.2) is 18.9 Å². The van der Waals surface area contributed by atoms with Crippen LogP contribution in [0.15, 0.2) is 42.6 Å². The molecule has 0 fully saturated rings. The summed E-state index contributed by atoms with van der Waals surface area (Å²) >= 11 is 0. The average molecular weight is 410 g/mol. The highest BCUT2D eigenvalue weighted by Crippen LogP contribution is 2.21. The molecule has 156 valence electrons. The maximum absolute atomic E-state index is 13.2. The van der Waals surface area contributed by atoms with Gasteiger partial charge in [-0.3, -0.25) is 4.79 Å². The summed E-state index contributed by atoms with van der Waals surface area (Å²) < 4.78 is 19.8. The minimum atomic E-state index is -0.466. The monoisotopic (exact) mass is 410 g/mol. The molecule has 0 aliphatic heterocycles. The summed E-state index contributed by atoms with van der Waals surface area (Å²) in [7, 11) is 0. The minimum absolute atomic E-state index is 0.205. The first-order valence-electron chi connectivity index (χ1n) is 9.58. The Hall–Kier alpha value is -3.55. The van der Waals surface area contributed by atoms with E-state index >= 15 is 0 Å². The molecule has 0 aliphatic rings. The lowest BCUT2D eigenvalue weighted by atomic mass is 10.1. The molecule has 1 unspecified atom stereocenters. The van der Waals surface area contributed by atoms with Crippen LogP contribution in [-0.4, -0.2) is 33.2 Å². The second-order valence-electron chi connectivity index (χ2n) is 6.82. The molecule has 8 heteroatoms. The molecule has 0 saturated heterocycles. The zero-order valence-electron chi connectivity index (χ0n) is 17.3. The van der Waals surface area contributed by atoms with Crippen LogP contribution in [0.5, 0.6) is 0 Å². The molecule has 2 aromatic heterocycles. The number of halogens is 1. The van der Waals surface area contributed by atoms with Crippen molar-refractivity contribution < 1.29 is 18.7 Å². The predicted molar refractivity (Wildman–Crippen MR) is 109 cm³/mol. The number of amides is 1. The predicted octanol–water partition coefficient (Wildman–Crippen LogP) is 3.69. The number of hydrogen-bond acceptors (Lipinski definition) is 5. The van der Waals surface area contributed by atoms with Crippen molar-refractivity contribution in [3.8, 4) is 5.69 Å². The highest BCUT2D eigenvalue weighted by Gasteiger charge is 2.19. The molecular weight excluding hydrogens is 387 g/mol. The molecule has 0 bridgehead atoms. The van der Waals surface area contributed by atoms with Crippen molar-refractivity contribution in [2.45, 2.75) is 33.7 Å². The van der Waals surface area contributed by atoms with Crippen molar-refractivity contribution in [3.63, 3.8) is 0 Å². The maximum Gasteiger partial charge on any atom is 0.339 e. The van der Waals surface area contributed by atoms with Crippen LogP contribution >= 0.6 is 0 Å². The minimum Gasteiger partial charge on any atom is -0.462 e. The van der Waals surface area contributed by atoms with Crippen molar-refractivity contribution in [2.75, 3.05) is 6.61 Å². The van der Waals surface area contributed by atoms with Gasteiger partial charge in [-0.05, 0) is 64.1 Å². The molecule has 2 heterocycles. The number of ether oxygens (including phenoxy) is 1. The Morgan fingerprint density at radius 2 is 1.87 bits per heavy atom. The Morgan fingerprint density at radius 3 is 2.50 bits per heavy atom. The number of aromatic nitrogens is 3. The first kappa shape index (κ1) is 21.2. The van der Waals surface area contributed by atoms with Gasteiger partial charge in [0.05, 0.1) is 35.8 Å². The van der Waals surface area contributed by atoms with Gasteiger partial charge in [0.15, 0.2) is 0 Å². The summed E-state index contributed by atoms with van der Waals surface area (Å²) in [6, 6.07) is 8.72. The van der Waals surface area contributed by atoms with Gasteiger partial charge in [-0.1, -0.05) is 0 Å². The Balaban J connectivity index is 1.75. The largest absolute Gasteiger partial charge is 0.462 e. The van der Waals surface area contributed by atoms with E-state index in [-0.39, 0.29) is 30.1 Å². The molecule has 1 amide bonds. The van der Waals surface area contributed by atoms with Crippen molar-refractivity contribution in [1.82, 2.24) is 20.1 Å². The third kappa shape index (κ3) is 4.37. The van der Waals surface area contributed by atoms with Crippen molar-refractivity contribution >= 4 is 11.9 Å². The third-order valence-corrected chi connectivity index (χ3v) is 4.75. The van der Waals surface area contributed by atoms with Crippen LogP contribution in [0.1, 0.15) is 57.7 Å². The van der Waals surface area contributed by atoms with E-state index in [4.69, 9.17) is 4.74 Å². The van der Waals surface area contributed by atoms with Gasteiger partial charge >= 0.3 is 5.97 Å². The number of pyridine rings is 1. The Kier molecular flexibility index (Phi) is 6.25. The fourth-order valence-electron chi connectivity index (χ4n) is 3.15. The molecule has 1 aromatic carbocycles. The quantitative estimate of drug-likeness (QED) is 0.627. The summed E-state index contributed by atoms with van der Waals surface area (Å²) in [6.07, 6.45) is 1.67. The molecular formula is C22H23FN4O3. The van der Waals surface area contributed by atoms with Crippen molar-refractivity contribution in [3.05, 3.63) is 76.6 Å². The molecule has 0 spiro atoms. The molecule has 7 nitrogen and oxygen atoms in total. The van der Waals surface area contributed by atoms with Gasteiger partial charge in [0.25, 0.3) is 5.91 Å². The molecule has 1 atom stereocenters. The number of hydrogen-bond donors (Lipinski definition) is 1. The van der Waals surface area contributed by atoms with E-state index in [0.717, 1.165) is 16.9 Å². The SMILES string of the molecule is CCOC(=O)c1ccc(C(=O)NC(C)c2cnn(-c3ccc(F)cc3)c2C)nc1C. The molecule has 0 radical (unpaired) electrons. The van der Waals surface area contributed by atoms with Crippen molar-refractivity contribution in [1.29, 1.82) is 0 Å². The fourth-order valence-corrected chi connectivity index (χ4v) is 3.15. The van der Waals surface area contributed by atoms with E-state index in [1.165, 1.54) is 24.3 Å². The van der Waals surface area contributed by atoms with Crippen molar-refractivity contribution in [2.24, 2.45) is 0 Å². The van der Waals surface area contributed by atoms with Gasteiger partial charge in [0.1, 0.15) is 11.5 Å². The summed E-state index contributed by atoms with van der Waals surface area (Å²) in [5.41, 5.74) is 3.34. The highest BCUT2D eigenvalue weighted by atomic mass is 19.1. The first-order chi connectivity index (χ1) is 14.3. The zero-order chi connectivity index (χ0) is 21.8. The fraction of sp³-hybridized carbons (Fsp3) is 0.273. The van der Waals surface area contributed by atoms with E-state index in [2.05, 4.69) is 15.4 Å². The van der Waals surface area contributed by atoms with Crippen LogP contribution in [-0.2, 0) is 4.74 Å². The van der Waals surface area contributed by atoms with E-state index in [9.17, 15) is 14.0 Å². The van der Waals surface area contributed by atoms with E-state index in [0.29, 0.717) is 11.3 Å². The van der Waals surface area contributed by atoms with Crippen LogP contribution in [0.3, 0.4) is 0 Å². The lowest BCUT2D eigenvalue weighted by Gasteiger charge is -2.14. The maximum atomic E-state index is 13.2. The summed E-state index contributed by atoms with van der Waals surface area (Å²) in [4.78, 5) is 28.8. The zero-order valence-corrected chi connectivity index (χ0v) is 17.3. The first-order valence-corrected chi connectivity index (χ1v) is 9.58. The van der Waals surface area contributed by atoms with Crippen LogP contribution in [0, 0.1) is 19.7 Å². The normalized spacial score (nSPS) is 11.8. The lowest BCUT2D eigenvalue weighted by molar-refractivity contribution is 0.0524. The third-order valence-electron chi connectivity index (χ3n) is 4.75. The average Bonchev–Trinajstić information content (AvgIpc) is 3.10. The summed E-state index contributed by atoms with van der Waals surface area (Å²) in [5, 5.41) is 7.25. The summed E-state index contributed by atoms with van der Waals surface area (Å²) in [6.45, 7) is 7.37. The van der Waals surface area contributed by atoms with Crippen LogP contribution < -0.4 is 5.32 Å². The van der Waals surface area contributed by atoms with Gasteiger partial charge in [-0.15, -0.1) is 0 Å². The second-order valence-corrected chi connectivity index (χ2v) is 6.82. The van der Waals surface area contributed by atoms with Crippen LogP contribution in [0.4, 0.5) is 4.39 Å². The second kappa shape index (κ2) is 8.86. The number of nitrogens with zero attached hydrogens (tertiary/aromatic N) is 3. The van der Waals surface area contributed by atoms with E-state index in [1.807, 2.05) is 13.8 Å². The Morgan fingerprint density at radius 1 is 1.17 bits per heavy atom. The Bertz CT molecular complexity index is 1080. The smallest absolute Gasteiger partial charge is 0.339 e. The van der Waals surface area contributed by atoms with Crippen LogP contribution in [0.25, 0.3) is 5.69 Å². The molecule has 30 heavy (non-hydrogen) atoms. The number of carbonyl (C=O) groups is 2.